The Morgan fingerprint density at radius 3 is 2.71 bits per heavy atom. The highest BCUT2D eigenvalue weighted by Gasteiger charge is 2.30. The molecule has 1 aromatic carbocycles. The normalized spacial score (nSPS) is 27.2. The number of halogens is 1. The van der Waals surface area contributed by atoms with E-state index in [9.17, 15) is 9.18 Å². The predicted molar refractivity (Wildman–Crippen MR) is 80.6 cm³/mol. The molecule has 1 amide bonds. The number of carbonyl (C=O) groups excluding carboxylic acids is 1. The Kier molecular flexibility index (Phi) is 4.32. The van der Waals surface area contributed by atoms with Crippen molar-refractivity contribution in [2.45, 2.75) is 44.9 Å². The number of hydrogen-bond donors (Lipinski definition) is 1. The van der Waals surface area contributed by atoms with Gasteiger partial charge in [0.25, 0.3) is 5.91 Å². The molecule has 0 heterocycles. The van der Waals surface area contributed by atoms with Crippen LogP contribution >= 0.6 is 0 Å². The Bertz CT molecular complexity index is 555. The molecule has 2 atom stereocenters. The Morgan fingerprint density at radius 1 is 1.14 bits per heavy atom. The third-order valence-electron chi connectivity index (χ3n) is 4.80. The van der Waals surface area contributed by atoms with Crippen LogP contribution in [0.25, 0.3) is 0 Å². The number of nitrogens with zero attached hydrogens (tertiary/aromatic N) is 1. The van der Waals surface area contributed by atoms with Gasteiger partial charge >= 0.3 is 0 Å². The molecule has 2 aliphatic rings. The largest absolute Gasteiger partial charge is 0.274 e. The third-order valence-corrected chi connectivity index (χ3v) is 4.80. The van der Waals surface area contributed by atoms with E-state index in [0.29, 0.717) is 0 Å². The summed E-state index contributed by atoms with van der Waals surface area (Å²) in [5.41, 5.74) is 3.62. The van der Waals surface area contributed by atoms with E-state index in [4.69, 9.17) is 0 Å². The first kappa shape index (κ1) is 14.2. The maximum absolute atomic E-state index is 13.5. The minimum atomic E-state index is -0.508. The SMILES string of the molecule is O=C(N/N=C1/CC[C@H]2CCCC[C@H]2C1)c1ccccc1F. The lowest BCUT2D eigenvalue weighted by Gasteiger charge is -2.35. The van der Waals surface area contributed by atoms with Crippen LogP contribution in [0.15, 0.2) is 29.4 Å². The van der Waals surface area contributed by atoms with Crippen molar-refractivity contribution in [1.82, 2.24) is 5.43 Å². The molecule has 0 spiro atoms. The summed E-state index contributed by atoms with van der Waals surface area (Å²) in [7, 11) is 0. The number of amides is 1. The highest BCUT2D eigenvalue weighted by molar-refractivity contribution is 5.95. The summed E-state index contributed by atoms with van der Waals surface area (Å²) in [6.45, 7) is 0. The van der Waals surface area contributed by atoms with Crippen molar-refractivity contribution in [1.29, 1.82) is 0 Å². The average Bonchev–Trinajstić information content (AvgIpc) is 2.53. The molecule has 112 valence electrons. The molecule has 21 heavy (non-hydrogen) atoms. The molecular weight excluding hydrogens is 267 g/mol. The van der Waals surface area contributed by atoms with Gasteiger partial charge in [0.05, 0.1) is 5.56 Å². The second kappa shape index (κ2) is 6.37. The fourth-order valence-electron chi connectivity index (χ4n) is 3.63. The zero-order valence-electron chi connectivity index (χ0n) is 12.1. The van der Waals surface area contributed by atoms with Crippen LogP contribution in [0, 0.1) is 17.7 Å². The van der Waals surface area contributed by atoms with E-state index in [-0.39, 0.29) is 5.56 Å². The van der Waals surface area contributed by atoms with Crippen LogP contribution in [0.5, 0.6) is 0 Å². The fourth-order valence-corrected chi connectivity index (χ4v) is 3.63. The summed E-state index contributed by atoms with van der Waals surface area (Å²) >= 11 is 0. The standard InChI is InChI=1S/C17H21FN2O/c18-16-8-4-3-7-15(16)17(21)20-19-14-10-9-12-5-1-2-6-13(12)11-14/h3-4,7-8,12-13H,1-2,5-6,9-11H2,(H,20,21)/b19-14-/t12-,13+/m1/s1. The second-order valence-corrected chi connectivity index (χ2v) is 6.15. The maximum Gasteiger partial charge on any atom is 0.274 e. The topological polar surface area (TPSA) is 41.5 Å². The third kappa shape index (κ3) is 3.31. The second-order valence-electron chi connectivity index (χ2n) is 6.15. The van der Waals surface area contributed by atoms with Gasteiger partial charge in [0.2, 0.25) is 0 Å². The van der Waals surface area contributed by atoms with Crippen LogP contribution in [0.4, 0.5) is 4.39 Å². The van der Waals surface area contributed by atoms with Crippen LogP contribution in [-0.2, 0) is 0 Å². The lowest BCUT2D eigenvalue weighted by Crippen LogP contribution is -2.29. The van der Waals surface area contributed by atoms with Gasteiger partial charge in [-0.05, 0) is 49.7 Å². The summed E-state index contributed by atoms with van der Waals surface area (Å²) in [6.07, 6.45) is 8.43. The van der Waals surface area contributed by atoms with E-state index in [1.165, 1.54) is 44.2 Å². The minimum Gasteiger partial charge on any atom is -0.267 e. The number of hydrazone groups is 1. The number of hydrogen-bond acceptors (Lipinski definition) is 2. The van der Waals surface area contributed by atoms with E-state index < -0.39 is 11.7 Å². The molecular formula is C17H21FN2O. The summed E-state index contributed by atoms with van der Waals surface area (Å²) < 4.78 is 13.5. The summed E-state index contributed by atoms with van der Waals surface area (Å²) in [5.74, 6) is 0.606. The Balaban J connectivity index is 1.61. The number of benzene rings is 1. The van der Waals surface area contributed by atoms with E-state index in [1.807, 2.05) is 0 Å². The molecule has 4 heteroatoms. The van der Waals surface area contributed by atoms with Crippen molar-refractivity contribution in [3.8, 4) is 0 Å². The summed E-state index contributed by atoms with van der Waals surface area (Å²) in [4.78, 5) is 11.9. The number of carbonyl (C=O) groups is 1. The van der Waals surface area contributed by atoms with Crippen LogP contribution in [0.3, 0.4) is 0 Å². The molecule has 2 saturated carbocycles. The quantitative estimate of drug-likeness (QED) is 0.824. The van der Waals surface area contributed by atoms with Crippen molar-refractivity contribution in [2.24, 2.45) is 16.9 Å². The van der Waals surface area contributed by atoms with Gasteiger partial charge in [0, 0.05) is 5.71 Å². The molecule has 0 aliphatic heterocycles. The van der Waals surface area contributed by atoms with Crippen molar-refractivity contribution < 1.29 is 9.18 Å². The fraction of sp³-hybridized carbons (Fsp3) is 0.529. The molecule has 2 aliphatic carbocycles. The van der Waals surface area contributed by atoms with Crippen molar-refractivity contribution in [3.63, 3.8) is 0 Å². The molecule has 0 unspecified atom stereocenters. The zero-order chi connectivity index (χ0) is 14.7. The lowest BCUT2D eigenvalue weighted by atomic mass is 9.70. The smallest absolute Gasteiger partial charge is 0.267 e. The first-order chi connectivity index (χ1) is 10.2. The minimum absolute atomic E-state index is 0.0493. The van der Waals surface area contributed by atoms with Gasteiger partial charge in [-0.2, -0.15) is 5.10 Å². The van der Waals surface area contributed by atoms with Crippen LogP contribution < -0.4 is 5.43 Å². The van der Waals surface area contributed by atoms with Crippen LogP contribution in [-0.4, -0.2) is 11.6 Å². The first-order valence-corrected chi connectivity index (χ1v) is 7.84. The van der Waals surface area contributed by atoms with Crippen molar-refractivity contribution in [3.05, 3.63) is 35.6 Å². The summed E-state index contributed by atoms with van der Waals surface area (Å²) in [5, 5.41) is 4.24. The van der Waals surface area contributed by atoms with E-state index in [1.54, 1.807) is 12.1 Å². The van der Waals surface area contributed by atoms with Gasteiger partial charge in [-0.25, -0.2) is 9.82 Å². The number of fused-ring (bicyclic) bond motifs is 1. The van der Waals surface area contributed by atoms with Crippen molar-refractivity contribution in [2.75, 3.05) is 0 Å². The molecule has 3 nitrogen and oxygen atoms in total. The van der Waals surface area contributed by atoms with Gasteiger partial charge in [-0.1, -0.05) is 31.4 Å². The van der Waals surface area contributed by atoms with Crippen molar-refractivity contribution >= 4 is 11.6 Å². The number of rotatable bonds is 2. The molecule has 0 bridgehead atoms. The Labute approximate surface area is 124 Å². The molecule has 0 saturated heterocycles. The predicted octanol–water partition coefficient (Wildman–Crippen LogP) is 3.90. The van der Waals surface area contributed by atoms with Gasteiger partial charge < -0.3 is 0 Å². The van der Waals surface area contributed by atoms with Gasteiger partial charge in [0.15, 0.2) is 0 Å². The van der Waals surface area contributed by atoms with E-state index in [0.717, 1.165) is 30.4 Å². The van der Waals surface area contributed by atoms with Crippen LogP contribution in [0.2, 0.25) is 0 Å². The Hall–Kier alpha value is -1.71. The van der Waals surface area contributed by atoms with Gasteiger partial charge in [-0.3, -0.25) is 4.79 Å². The zero-order valence-corrected chi connectivity index (χ0v) is 12.1. The number of nitrogens with one attached hydrogen (secondary N) is 1. The van der Waals surface area contributed by atoms with Gasteiger partial charge in [-0.15, -0.1) is 0 Å². The van der Waals surface area contributed by atoms with E-state index in [2.05, 4.69) is 10.5 Å². The average molecular weight is 288 g/mol. The van der Waals surface area contributed by atoms with Crippen LogP contribution in [0.1, 0.15) is 55.3 Å². The molecule has 1 aromatic rings. The van der Waals surface area contributed by atoms with Gasteiger partial charge in [0.1, 0.15) is 5.82 Å². The summed E-state index contributed by atoms with van der Waals surface area (Å²) in [6, 6.07) is 5.99. The molecule has 0 radical (unpaired) electrons. The highest BCUT2D eigenvalue weighted by atomic mass is 19.1. The molecule has 0 aromatic heterocycles. The Morgan fingerprint density at radius 2 is 1.90 bits per heavy atom. The monoisotopic (exact) mass is 288 g/mol. The first-order valence-electron chi connectivity index (χ1n) is 7.84. The lowest BCUT2D eigenvalue weighted by molar-refractivity contribution is 0.0950. The molecule has 3 rings (SSSR count). The molecule has 1 N–H and O–H groups in total. The maximum atomic E-state index is 13.5. The van der Waals surface area contributed by atoms with E-state index >= 15 is 0 Å². The molecule has 2 fully saturated rings. The highest BCUT2D eigenvalue weighted by Crippen LogP contribution is 2.39.